The average molecular weight is 352 g/mol. The maximum absolute atomic E-state index is 12.9. The first-order valence-corrected chi connectivity index (χ1v) is 9.04. The molecular weight excluding hydrogens is 328 g/mol. The highest BCUT2D eigenvalue weighted by atomic mass is 16.5. The van der Waals surface area contributed by atoms with E-state index in [4.69, 9.17) is 4.74 Å². The van der Waals surface area contributed by atoms with Crippen LogP contribution in [-0.4, -0.2) is 41.8 Å². The van der Waals surface area contributed by atoms with Gasteiger partial charge in [0.05, 0.1) is 12.7 Å². The number of aromatic nitrogens is 1. The third-order valence-corrected chi connectivity index (χ3v) is 4.84. The smallest absolute Gasteiger partial charge is 0.222 e. The molecule has 1 amide bonds. The van der Waals surface area contributed by atoms with Crippen LogP contribution in [0.3, 0.4) is 0 Å². The molecule has 5 heteroatoms. The highest BCUT2D eigenvalue weighted by Crippen LogP contribution is 2.26. The predicted molar refractivity (Wildman–Crippen MR) is 99.2 cm³/mol. The molecule has 5 nitrogen and oxygen atoms in total. The first-order valence-electron chi connectivity index (χ1n) is 9.04. The number of Topliss-reactive ketones (excluding diaryl/α,β-unsaturated/α-hetero) is 1. The van der Waals surface area contributed by atoms with Gasteiger partial charge in [0, 0.05) is 37.3 Å². The van der Waals surface area contributed by atoms with Crippen molar-refractivity contribution < 1.29 is 14.3 Å². The summed E-state index contributed by atoms with van der Waals surface area (Å²) in [6.45, 7) is 1.20. The van der Waals surface area contributed by atoms with E-state index >= 15 is 0 Å². The quantitative estimate of drug-likeness (QED) is 0.750. The Morgan fingerprint density at radius 1 is 1.19 bits per heavy atom. The number of carbonyl (C=O) groups excluding carboxylic acids is 2. The number of aryl methyl sites for hydroxylation is 1. The van der Waals surface area contributed by atoms with Gasteiger partial charge in [-0.25, -0.2) is 0 Å². The van der Waals surface area contributed by atoms with Gasteiger partial charge in [0.25, 0.3) is 0 Å². The molecule has 2 heterocycles. The molecule has 1 aromatic heterocycles. The van der Waals surface area contributed by atoms with Crippen LogP contribution in [0.5, 0.6) is 5.75 Å². The van der Waals surface area contributed by atoms with Gasteiger partial charge in [0.15, 0.2) is 5.78 Å². The van der Waals surface area contributed by atoms with E-state index in [0.29, 0.717) is 30.7 Å². The third kappa shape index (κ3) is 4.28. The number of likely N-dealkylation sites (tertiary alicyclic amines) is 1. The predicted octanol–water partition coefficient (Wildman–Crippen LogP) is 3.14. The number of ketones is 1. The van der Waals surface area contributed by atoms with E-state index in [1.165, 1.54) is 0 Å². The summed E-state index contributed by atoms with van der Waals surface area (Å²) in [6, 6.07) is 13.0. The molecule has 1 atom stereocenters. The molecular formula is C21H24N2O3. The molecule has 1 aromatic carbocycles. The van der Waals surface area contributed by atoms with Crippen molar-refractivity contribution in [1.29, 1.82) is 0 Å². The minimum atomic E-state index is -0.168. The number of hydrogen-bond donors (Lipinski definition) is 0. The lowest BCUT2D eigenvalue weighted by molar-refractivity contribution is -0.132. The summed E-state index contributed by atoms with van der Waals surface area (Å²) in [4.78, 5) is 31.5. The Bertz CT molecular complexity index is 761. The van der Waals surface area contributed by atoms with E-state index in [1.54, 1.807) is 25.4 Å². The molecule has 1 aliphatic rings. The lowest BCUT2D eigenvalue weighted by Gasteiger charge is -2.32. The summed E-state index contributed by atoms with van der Waals surface area (Å²) in [5.74, 6) is 0.577. The van der Waals surface area contributed by atoms with E-state index in [-0.39, 0.29) is 17.6 Å². The van der Waals surface area contributed by atoms with Crippen LogP contribution in [0.25, 0.3) is 0 Å². The molecule has 0 N–H and O–H groups in total. The highest BCUT2D eigenvalue weighted by molar-refractivity contribution is 6.00. The summed E-state index contributed by atoms with van der Waals surface area (Å²) in [6.07, 6.45) is 4.44. The first-order chi connectivity index (χ1) is 12.7. The van der Waals surface area contributed by atoms with E-state index in [1.807, 2.05) is 35.2 Å². The standard InChI is InChI=1S/C21H24N2O3/c1-26-19-10-3-2-9-18(19)21(25)16-7-6-14-23(15-16)20(24)12-11-17-8-4-5-13-22-17/h2-5,8-10,13,16H,6-7,11-12,14-15H2,1H3/t16-/m0/s1. The van der Waals surface area contributed by atoms with Gasteiger partial charge in [0.1, 0.15) is 5.75 Å². The Hall–Kier alpha value is -2.69. The van der Waals surface area contributed by atoms with Gasteiger partial charge in [-0.1, -0.05) is 18.2 Å². The van der Waals surface area contributed by atoms with E-state index in [9.17, 15) is 9.59 Å². The molecule has 1 aliphatic heterocycles. The molecule has 26 heavy (non-hydrogen) atoms. The van der Waals surface area contributed by atoms with Crippen LogP contribution < -0.4 is 4.74 Å². The fourth-order valence-electron chi connectivity index (χ4n) is 3.42. The zero-order chi connectivity index (χ0) is 18.4. The second-order valence-electron chi connectivity index (χ2n) is 6.56. The van der Waals surface area contributed by atoms with Crippen molar-refractivity contribution in [2.24, 2.45) is 5.92 Å². The second-order valence-corrected chi connectivity index (χ2v) is 6.56. The average Bonchev–Trinajstić information content (AvgIpc) is 2.72. The number of piperidine rings is 1. The van der Waals surface area contributed by atoms with Crippen LogP contribution in [0.15, 0.2) is 48.7 Å². The fraction of sp³-hybridized carbons (Fsp3) is 0.381. The van der Waals surface area contributed by atoms with Crippen LogP contribution in [0.2, 0.25) is 0 Å². The van der Waals surface area contributed by atoms with Crippen LogP contribution in [0.4, 0.5) is 0 Å². The van der Waals surface area contributed by atoms with Crippen LogP contribution in [0, 0.1) is 5.92 Å². The van der Waals surface area contributed by atoms with Gasteiger partial charge in [-0.3, -0.25) is 14.6 Å². The van der Waals surface area contributed by atoms with Gasteiger partial charge in [-0.2, -0.15) is 0 Å². The van der Waals surface area contributed by atoms with Gasteiger partial charge >= 0.3 is 0 Å². The highest BCUT2D eigenvalue weighted by Gasteiger charge is 2.30. The van der Waals surface area contributed by atoms with Crippen molar-refractivity contribution in [1.82, 2.24) is 9.88 Å². The van der Waals surface area contributed by atoms with Gasteiger partial charge in [-0.05, 0) is 43.5 Å². The van der Waals surface area contributed by atoms with Crippen molar-refractivity contribution in [3.05, 3.63) is 59.9 Å². The maximum atomic E-state index is 12.9. The van der Waals surface area contributed by atoms with Crippen LogP contribution in [0.1, 0.15) is 35.3 Å². The SMILES string of the molecule is COc1ccccc1C(=O)[C@H]1CCCN(C(=O)CCc2ccccn2)C1. The zero-order valence-electron chi connectivity index (χ0n) is 15.1. The Kier molecular flexibility index (Phi) is 6.00. The largest absolute Gasteiger partial charge is 0.496 e. The number of benzene rings is 1. The fourth-order valence-corrected chi connectivity index (χ4v) is 3.42. The number of rotatable bonds is 6. The number of pyridine rings is 1. The van der Waals surface area contributed by atoms with Crippen molar-refractivity contribution >= 4 is 11.7 Å². The number of amides is 1. The normalized spacial score (nSPS) is 17.0. The lowest BCUT2D eigenvalue weighted by atomic mass is 9.89. The molecule has 0 radical (unpaired) electrons. The molecule has 3 rings (SSSR count). The maximum Gasteiger partial charge on any atom is 0.222 e. The molecule has 0 aliphatic carbocycles. The summed E-state index contributed by atoms with van der Waals surface area (Å²) < 4.78 is 5.31. The monoisotopic (exact) mass is 352 g/mol. The van der Waals surface area contributed by atoms with Crippen LogP contribution >= 0.6 is 0 Å². The number of ether oxygens (including phenoxy) is 1. The van der Waals surface area contributed by atoms with Crippen molar-refractivity contribution in [2.75, 3.05) is 20.2 Å². The second kappa shape index (κ2) is 8.61. The minimum absolute atomic E-state index is 0.0599. The molecule has 136 valence electrons. The minimum Gasteiger partial charge on any atom is -0.496 e. The van der Waals surface area contributed by atoms with Gasteiger partial charge < -0.3 is 9.64 Å². The summed E-state index contributed by atoms with van der Waals surface area (Å²) in [5, 5.41) is 0. The van der Waals surface area contributed by atoms with Crippen molar-refractivity contribution in [2.45, 2.75) is 25.7 Å². The number of carbonyl (C=O) groups is 2. The first kappa shape index (κ1) is 18.1. The summed E-state index contributed by atoms with van der Waals surface area (Å²) >= 11 is 0. The van der Waals surface area contributed by atoms with Crippen molar-refractivity contribution in [3.8, 4) is 5.75 Å². The van der Waals surface area contributed by atoms with E-state index < -0.39 is 0 Å². The molecule has 1 fully saturated rings. The Morgan fingerprint density at radius 3 is 2.77 bits per heavy atom. The number of nitrogens with zero attached hydrogens (tertiary/aromatic N) is 2. The van der Waals surface area contributed by atoms with Gasteiger partial charge in [-0.15, -0.1) is 0 Å². The van der Waals surface area contributed by atoms with E-state index in [0.717, 1.165) is 25.1 Å². The molecule has 0 unspecified atom stereocenters. The zero-order valence-corrected chi connectivity index (χ0v) is 15.1. The Labute approximate surface area is 154 Å². The number of methoxy groups -OCH3 is 1. The molecule has 0 saturated carbocycles. The topological polar surface area (TPSA) is 59.5 Å². The molecule has 0 spiro atoms. The van der Waals surface area contributed by atoms with Gasteiger partial charge in [0.2, 0.25) is 5.91 Å². The van der Waals surface area contributed by atoms with E-state index in [2.05, 4.69) is 4.98 Å². The number of para-hydroxylation sites is 1. The Balaban J connectivity index is 1.61. The molecule has 1 saturated heterocycles. The van der Waals surface area contributed by atoms with Crippen molar-refractivity contribution in [3.63, 3.8) is 0 Å². The Morgan fingerprint density at radius 2 is 2.00 bits per heavy atom. The molecule has 0 bridgehead atoms. The lowest BCUT2D eigenvalue weighted by Crippen LogP contribution is -2.42. The summed E-state index contributed by atoms with van der Waals surface area (Å²) in [5.41, 5.74) is 1.52. The van der Waals surface area contributed by atoms with Crippen LogP contribution in [-0.2, 0) is 11.2 Å². The molecule has 2 aromatic rings. The number of hydrogen-bond acceptors (Lipinski definition) is 4. The third-order valence-electron chi connectivity index (χ3n) is 4.84. The summed E-state index contributed by atoms with van der Waals surface area (Å²) in [7, 11) is 1.57.